The Labute approximate surface area is 195 Å². The molecule has 1 aromatic heterocycles. The van der Waals surface area contributed by atoms with E-state index in [9.17, 15) is 18.0 Å². The van der Waals surface area contributed by atoms with E-state index >= 15 is 0 Å². The van der Waals surface area contributed by atoms with Crippen molar-refractivity contribution in [2.45, 2.75) is 11.8 Å². The summed E-state index contributed by atoms with van der Waals surface area (Å²) in [5.41, 5.74) is 1.28. The van der Waals surface area contributed by atoms with E-state index in [2.05, 4.69) is 10.6 Å². The van der Waals surface area contributed by atoms with Crippen molar-refractivity contribution in [1.29, 1.82) is 5.26 Å². The van der Waals surface area contributed by atoms with Gasteiger partial charge in [0.2, 0.25) is 5.91 Å². The molecule has 0 aliphatic carbocycles. The van der Waals surface area contributed by atoms with E-state index in [4.69, 9.17) is 10.00 Å². The number of carbonyl (C=O) groups excluding carboxylic acids is 2. The van der Waals surface area contributed by atoms with Gasteiger partial charge in [0.25, 0.3) is 15.9 Å². The first-order valence-electron chi connectivity index (χ1n) is 9.57. The predicted octanol–water partition coefficient (Wildman–Crippen LogP) is 3.42. The minimum absolute atomic E-state index is 0.0708. The second-order valence-corrected chi connectivity index (χ2v) is 9.67. The third-order valence-electron chi connectivity index (χ3n) is 4.44. The number of thiophene rings is 1. The van der Waals surface area contributed by atoms with E-state index in [-0.39, 0.29) is 17.4 Å². The van der Waals surface area contributed by atoms with Crippen LogP contribution in [0.4, 0.5) is 16.4 Å². The van der Waals surface area contributed by atoms with Gasteiger partial charge in [-0.1, -0.05) is 0 Å². The van der Waals surface area contributed by atoms with Crippen molar-refractivity contribution < 1.29 is 22.7 Å². The fraction of sp³-hybridized carbons (Fsp3) is 0.136. The molecule has 170 valence electrons. The van der Waals surface area contributed by atoms with Crippen LogP contribution in [-0.2, 0) is 19.6 Å². The van der Waals surface area contributed by atoms with Gasteiger partial charge in [0.05, 0.1) is 16.1 Å². The van der Waals surface area contributed by atoms with Crippen LogP contribution >= 0.6 is 11.3 Å². The summed E-state index contributed by atoms with van der Waals surface area (Å²) in [4.78, 5) is 23.2. The molecular formula is C22H20N4O5S2. The molecular weight excluding hydrogens is 464 g/mol. The molecule has 1 heterocycles. The largest absolute Gasteiger partial charge is 0.484 e. The molecule has 3 rings (SSSR count). The predicted molar refractivity (Wildman–Crippen MR) is 126 cm³/mol. The van der Waals surface area contributed by atoms with Gasteiger partial charge in [0.15, 0.2) is 6.61 Å². The molecule has 2 amide bonds. The summed E-state index contributed by atoms with van der Waals surface area (Å²) in [6.07, 6.45) is 0. The molecule has 0 unspecified atom stereocenters. The maximum atomic E-state index is 12.9. The van der Waals surface area contributed by atoms with Crippen molar-refractivity contribution in [2.24, 2.45) is 0 Å². The number of rotatable bonds is 8. The fourth-order valence-electron chi connectivity index (χ4n) is 2.77. The number of nitrogens with one attached hydrogen (secondary N) is 2. The van der Waals surface area contributed by atoms with Crippen LogP contribution < -0.4 is 19.7 Å². The van der Waals surface area contributed by atoms with Crippen LogP contribution in [0.1, 0.15) is 12.5 Å². The zero-order chi connectivity index (χ0) is 24.0. The number of hydrogen-bond donors (Lipinski definition) is 2. The minimum Gasteiger partial charge on any atom is -0.484 e. The van der Waals surface area contributed by atoms with Gasteiger partial charge >= 0.3 is 0 Å². The SMILES string of the molecule is CC(=O)Nc1ccc(S(=O)(=O)N(C)c2ccc(OCC(=O)Nc3sccc3C#N)cc2)cc1. The van der Waals surface area contributed by atoms with Gasteiger partial charge in [-0.3, -0.25) is 13.9 Å². The van der Waals surface area contributed by atoms with Crippen molar-refractivity contribution in [1.82, 2.24) is 0 Å². The summed E-state index contributed by atoms with van der Waals surface area (Å²) in [5, 5.41) is 16.3. The molecule has 2 N–H and O–H groups in total. The van der Waals surface area contributed by atoms with Crippen LogP contribution in [-0.4, -0.2) is 33.9 Å². The number of sulfonamides is 1. The fourth-order valence-corrected chi connectivity index (χ4v) is 4.72. The Morgan fingerprint density at radius 3 is 2.33 bits per heavy atom. The highest BCUT2D eigenvalue weighted by Gasteiger charge is 2.21. The highest BCUT2D eigenvalue weighted by molar-refractivity contribution is 7.92. The third-order valence-corrected chi connectivity index (χ3v) is 7.07. The number of ether oxygens (including phenoxy) is 1. The monoisotopic (exact) mass is 484 g/mol. The Morgan fingerprint density at radius 2 is 1.73 bits per heavy atom. The lowest BCUT2D eigenvalue weighted by Gasteiger charge is -2.20. The van der Waals surface area contributed by atoms with E-state index in [0.717, 1.165) is 4.31 Å². The molecule has 0 aliphatic heterocycles. The topological polar surface area (TPSA) is 129 Å². The molecule has 0 bridgehead atoms. The molecule has 0 atom stereocenters. The number of benzene rings is 2. The first-order valence-corrected chi connectivity index (χ1v) is 11.9. The van der Waals surface area contributed by atoms with Crippen molar-refractivity contribution in [3.05, 3.63) is 65.5 Å². The van der Waals surface area contributed by atoms with Gasteiger partial charge in [-0.15, -0.1) is 11.3 Å². The Kier molecular flexibility index (Phi) is 7.32. The molecule has 33 heavy (non-hydrogen) atoms. The summed E-state index contributed by atoms with van der Waals surface area (Å²) < 4.78 is 32.4. The van der Waals surface area contributed by atoms with Crippen molar-refractivity contribution in [3.63, 3.8) is 0 Å². The van der Waals surface area contributed by atoms with E-state index in [1.807, 2.05) is 6.07 Å². The summed E-state index contributed by atoms with van der Waals surface area (Å²) in [6, 6.07) is 15.7. The van der Waals surface area contributed by atoms with Crippen LogP contribution in [0, 0.1) is 11.3 Å². The lowest BCUT2D eigenvalue weighted by Crippen LogP contribution is -2.26. The molecule has 2 aromatic carbocycles. The molecule has 0 spiro atoms. The van der Waals surface area contributed by atoms with Crippen molar-refractivity contribution >= 4 is 49.6 Å². The first kappa shape index (κ1) is 23.8. The summed E-state index contributed by atoms with van der Waals surface area (Å²) in [5.74, 6) is -0.285. The number of carbonyl (C=O) groups is 2. The zero-order valence-corrected chi connectivity index (χ0v) is 19.4. The van der Waals surface area contributed by atoms with Gasteiger partial charge in [0.1, 0.15) is 16.8 Å². The summed E-state index contributed by atoms with van der Waals surface area (Å²) >= 11 is 1.24. The van der Waals surface area contributed by atoms with Gasteiger partial charge in [0, 0.05) is 19.7 Å². The van der Waals surface area contributed by atoms with Crippen LogP contribution in [0.2, 0.25) is 0 Å². The third kappa shape index (κ3) is 5.88. The first-order chi connectivity index (χ1) is 15.7. The number of nitriles is 1. The van der Waals surface area contributed by atoms with E-state index in [0.29, 0.717) is 27.7 Å². The molecule has 9 nitrogen and oxygen atoms in total. The van der Waals surface area contributed by atoms with E-state index < -0.39 is 15.9 Å². The van der Waals surface area contributed by atoms with E-state index in [1.54, 1.807) is 35.7 Å². The van der Waals surface area contributed by atoms with E-state index in [1.165, 1.54) is 49.6 Å². The van der Waals surface area contributed by atoms with Crippen LogP contribution in [0.5, 0.6) is 5.75 Å². The number of nitrogens with zero attached hydrogens (tertiary/aromatic N) is 2. The number of hydrogen-bond acceptors (Lipinski definition) is 7. The maximum absolute atomic E-state index is 12.9. The summed E-state index contributed by atoms with van der Waals surface area (Å²) in [6.45, 7) is 1.10. The minimum atomic E-state index is -3.82. The summed E-state index contributed by atoms with van der Waals surface area (Å²) in [7, 11) is -2.40. The van der Waals surface area contributed by atoms with Gasteiger partial charge in [-0.2, -0.15) is 5.26 Å². The van der Waals surface area contributed by atoms with Crippen LogP contribution in [0.3, 0.4) is 0 Å². The van der Waals surface area contributed by atoms with Gasteiger partial charge in [-0.25, -0.2) is 8.42 Å². The second-order valence-electron chi connectivity index (χ2n) is 6.78. The van der Waals surface area contributed by atoms with Crippen LogP contribution in [0.15, 0.2) is 64.9 Å². The normalized spacial score (nSPS) is 10.7. The molecule has 0 aliphatic rings. The Morgan fingerprint density at radius 1 is 1.06 bits per heavy atom. The molecule has 0 radical (unpaired) electrons. The Balaban J connectivity index is 1.62. The zero-order valence-electron chi connectivity index (χ0n) is 17.7. The average molecular weight is 485 g/mol. The quantitative estimate of drug-likeness (QED) is 0.504. The Bertz CT molecular complexity index is 1290. The molecule has 3 aromatic rings. The average Bonchev–Trinajstić information content (AvgIpc) is 3.24. The van der Waals surface area contributed by atoms with Crippen molar-refractivity contribution in [3.8, 4) is 11.8 Å². The second kappa shape index (κ2) is 10.2. The lowest BCUT2D eigenvalue weighted by atomic mass is 10.3. The molecule has 0 saturated heterocycles. The van der Waals surface area contributed by atoms with Gasteiger partial charge < -0.3 is 15.4 Å². The van der Waals surface area contributed by atoms with Crippen molar-refractivity contribution in [2.75, 3.05) is 28.6 Å². The number of amides is 2. The molecule has 11 heteroatoms. The Hall–Kier alpha value is -3.88. The molecule has 0 fully saturated rings. The lowest BCUT2D eigenvalue weighted by molar-refractivity contribution is -0.118. The van der Waals surface area contributed by atoms with Crippen LogP contribution in [0.25, 0.3) is 0 Å². The standard InChI is InChI=1S/C22H20N4O5S2/c1-15(27)24-17-3-9-20(10-4-17)33(29,30)26(2)18-5-7-19(8-6-18)31-14-21(28)25-22-16(13-23)11-12-32-22/h3-12H,14H2,1-2H3,(H,24,27)(H,25,28). The highest BCUT2D eigenvalue weighted by Crippen LogP contribution is 2.26. The smallest absolute Gasteiger partial charge is 0.264 e. The van der Waals surface area contributed by atoms with Gasteiger partial charge in [-0.05, 0) is 60.0 Å². The highest BCUT2D eigenvalue weighted by atomic mass is 32.2. The maximum Gasteiger partial charge on any atom is 0.264 e. The molecule has 0 saturated carbocycles. The number of anilines is 3.